The SMILES string of the molecule is CCCCNC(=O)C(C)N(Cc1ccccc1)C(=O)CN(c1cc(C)cc(C)c1)S(=O)(=O)c1ccccc1. The second-order valence-corrected chi connectivity index (χ2v) is 11.4. The first-order chi connectivity index (χ1) is 18.1. The summed E-state index contributed by atoms with van der Waals surface area (Å²) < 4.78 is 28.8. The molecule has 202 valence electrons. The molecule has 1 unspecified atom stereocenters. The summed E-state index contributed by atoms with van der Waals surface area (Å²) in [5.74, 6) is -0.739. The van der Waals surface area contributed by atoms with E-state index in [1.54, 1.807) is 37.3 Å². The van der Waals surface area contributed by atoms with Crippen molar-refractivity contribution >= 4 is 27.5 Å². The number of nitrogens with zero attached hydrogens (tertiary/aromatic N) is 2. The van der Waals surface area contributed by atoms with Crippen molar-refractivity contribution in [1.29, 1.82) is 0 Å². The highest BCUT2D eigenvalue weighted by Crippen LogP contribution is 2.26. The molecule has 0 spiro atoms. The number of anilines is 1. The van der Waals surface area contributed by atoms with E-state index < -0.39 is 28.5 Å². The van der Waals surface area contributed by atoms with Crippen LogP contribution in [0.1, 0.15) is 43.4 Å². The summed E-state index contributed by atoms with van der Waals surface area (Å²) in [5.41, 5.74) is 3.01. The van der Waals surface area contributed by atoms with Gasteiger partial charge >= 0.3 is 0 Å². The normalized spacial score (nSPS) is 12.0. The Kier molecular flexibility index (Phi) is 10.1. The first kappa shape index (κ1) is 28.9. The van der Waals surface area contributed by atoms with Gasteiger partial charge in [0.05, 0.1) is 10.6 Å². The van der Waals surface area contributed by atoms with Gasteiger partial charge in [0.15, 0.2) is 0 Å². The lowest BCUT2D eigenvalue weighted by molar-refractivity contribution is -0.139. The zero-order valence-corrected chi connectivity index (χ0v) is 23.4. The van der Waals surface area contributed by atoms with Crippen LogP contribution in [-0.2, 0) is 26.2 Å². The van der Waals surface area contributed by atoms with E-state index in [4.69, 9.17) is 0 Å². The summed E-state index contributed by atoms with van der Waals surface area (Å²) in [7, 11) is -4.07. The van der Waals surface area contributed by atoms with Crippen LogP contribution in [0.3, 0.4) is 0 Å². The summed E-state index contributed by atoms with van der Waals surface area (Å²) in [6, 6.07) is 22.1. The number of carbonyl (C=O) groups excluding carboxylic acids is 2. The smallest absolute Gasteiger partial charge is 0.264 e. The van der Waals surface area contributed by atoms with Gasteiger partial charge in [-0.25, -0.2) is 8.42 Å². The van der Waals surface area contributed by atoms with Crippen LogP contribution in [0.2, 0.25) is 0 Å². The van der Waals surface area contributed by atoms with E-state index in [9.17, 15) is 18.0 Å². The first-order valence-corrected chi connectivity index (χ1v) is 14.3. The molecule has 0 radical (unpaired) electrons. The molecule has 0 aromatic heterocycles. The standard InChI is InChI=1S/C30H37N3O4S/c1-5-6-17-31-30(35)25(4)32(21-26-13-9-7-10-14-26)29(34)22-33(27-19-23(2)18-24(3)20-27)38(36,37)28-15-11-8-12-16-28/h7-16,18-20,25H,5-6,17,21-22H2,1-4H3,(H,31,35). The minimum atomic E-state index is -4.07. The number of nitrogens with one attached hydrogen (secondary N) is 1. The Bertz CT molecular complexity index is 1310. The molecule has 0 aliphatic carbocycles. The van der Waals surface area contributed by atoms with Gasteiger partial charge in [-0.05, 0) is 68.1 Å². The Morgan fingerprint density at radius 2 is 1.47 bits per heavy atom. The molecule has 0 bridgehead atoms. The first-order valence-electron chi connectivity index (χ1n) is 12.9. The fraction of sp³-hybridized carbons (Fsp3) is 0.333. The highest BCUT2D eigenvalue weighted by atomic mass is 32.2. The zero-order chi connectivity index (χ0) is 27.7. The van der Waals surface area contributed by atoms with E-state index in [0.717, 1.165) is 33.8 Å². The molecule has 1 atom stereocenters. The third kappa shape index (κ3) is 7.44. The molecule has 3 aromatic rings. The molecule has 0 aliphatic heterocycles. The minimum absolute atomic E-state index is 0.0897. The monoisotopic (exact) mass is 535 g/mol. The topological polar surface area (TPSA) is 86.8 Å². The van der Waals surface area contributed by atoms with Crippen molar-refractivity contribution in [1.82, 2.24) is 10.2 Å². The Labute approximate surface area is 226 Å². The lowest BCUT2D eigenvalue weighted by Crippen LogP contribution is -2.51. The van der Waals surface area contributed by atoms with Crippen LogP contribution >= 0.6 is 0 Å². The van der Waals surface area contributed by atoms with Gasteiger partial charge in [0.25, 0.3) is 10.0 Å². The number of unbranched alkanes of at least 4 members (excludes halogenated alkanes) is 1. The predicted molar refractivity (Wildman–Crippen MR) is 151 cm³/mol. The number of rotatable bonds is 12. The number of hydrogen-bond acceptors (Lipinski definition) is 4. The van der Waals surface area contributed by atoms with Gasteiger partial charge in [-0.2, -0.15) is 0 Å². The predicted octanol–water partition coefficient (Wildman–Crippen LogP) is 4.83. The van der Waals surface area contributed by atoms with Crippen molar-refractivity contribution in [3.63, 3.8) is 0 Å². The summed E-state index contributed by atoms with van der Waals surface area (Å²) in [4.78, 5) is 28.4. The van der Waals surface area contributed by atoms with E-state index in [1.165, 1.54) is 17.0 Å². The van der Waals surface area contributed by atoms with Crippen LogP contribution in [0.4, 0.5) is 5.69 Å². The highest BCUT2D eigenvalue weighted by Gasteiger charge is 2.32. The van der Waals surface area contributed by atoms with Crippen LogP contribution < -0.4 is 9.62 Å². The summed E-state index contributed by atoms with van der Waals surface area (Å²) in [6.07, 6.45) is 1.77. The van der Waals surface area contributed by atoms with Crippen molar-refractivity contribution < 1.29 is 18.0 Å². The molecule has 0 saturated heterocycles. The Balaban J connectivity index is 2.00. The Hall–Kier alpha value is -3.65. The fourth-order valence-corrected chi connectivity index (χ4v) is 5.66. The second-order valence-electron chi connectivity index (χ2n) is 9.50. The quantitative estimate of drug-likeness (QED) is 0.337. The van der Waals surface area contributed by atoms with E-state index in [-0.39, 0.29) is 17.3 Å². The minimum Gasteiger partial charge on any atom is -0.354 e. The van der Waals surface area contributed by atoms with Crippen molar-refractivity contribution in [3.8, 4) is 0 Å². The molecule has 0 heterocycles. The lowest BCUT2D eigenvalue weighted by Gasteiger charge is -2.32. The second kappa shape index (κ2) is 13.2. The third-order valence-corrected chi connectivity index (χ3v) is 8.09. The van der Waals surface area contributed by atoms with Crippen LogP contribution in [0.25, 0.3) is 0 Å². The number of sulfonamides is 1. The van der Waals surface area contributed by atoms with Gasteiger partial charge in [-0.1, -0.05) is 67.9 Å². The summed E-state index contributed by atoms with van der Waals surface area (Å²) in [6.45, 7) is 7.73. The number of benzene rings is 3. The number of amides is 2. The summed E-state index contributed by atoms with van der Waals surface area (Å²) >= 11 is 0. The molecule has 8 heteroatoms. The molecule has 3 rings (SSSR count). The largest absolute Gasteiger partial charge is 0.354 e. The molecule has 0 saturated carbocycles. The maximum Gasteiger partial charge on any atom is 0.264 e. The van der Waals surface area contributed by atoms with Crippen LogP contribution in [0, 0.1) is 13.8 Å². The number of aryl methyl sites for hydroxylation is 2. The molecule has 7 nitrogen and oxygen atoms in total. The van der Waals surface area contributed by atoms with E-state index in [2.05, 4.69) is 5.32 Å². The van der Waals surface area contributed by atoms with Crippen LogP contribution in [-0.4, -0.2) is 44.3 Å². The van der Waals surface area contributed by atoms with Gasteiger partial charge in [0, 0.05) is 13.1 Å². The van der Waals surface area contributed by atoms with Gasteiger partial charge in [-0.3, -0.25) is 13.9 Å². The average molecular weight is 536 g/mol. The van der Waals surface area contributed by atoms with Gasteiger partial charge < -0.3 is 10.2 Å². The molecule has 0 fully saturated rings. The summed E-state index contributed by atoms with van der Waals surface area (Å²) in [5, 5.41) is 2.90. The Morgan fingerprint density at radius 3 is 2.05 bits per heavy atom. The Morgan fingerprint density at radius 1 is 0.895 bits per heavy atom. The van der Waals surface area contributed by atoms with Gasteiger partial charge in [0.1, 0.15) is 12.6 Å². The van der Waals surface area contributed by atoms with Crippen LogP contribution in [0.5, 0.6) is 0 Å². The van der Waals surface area contributed by atoms with Crippen molar-refractivity contribution in [3.05, 3.63) is 95.6 Å². The van der Waals surface area contributed by atoms with E-state index >= 15 is 0 Å². The molecular weight excluding hydrogens is 498 g/mol. The zero-order valence-electron chi connectivity index (χ0n) is 22.6. The highest BCUT2D eigenvalue weighted by molar-refractivity contribution is 7.92. The molecule has 2 amide bonds. The van der Waals surface area contributed by atoms with Gasteiger partial charge in [0.2, 0.25) is 11.8 Å². The maximum atomic E-state index is 13.9. The average Bonchev–Trinajstić information content (AvgIpc) is 2.90. The third-order valence-electron chi connectivity index (χ3n) is 6.30. The number of carbonyl (C=O) groups is 2. The lowest BCUT2D eigenvalue weighted by atomic mass is 10.1. The fourth-order valence-electron chi connectivity index (χ4n) is 4.24. The molecule has 0 aliphatic rings. The molecule has 3 aromatic carbocycles. The molecule has 38 heavy (non-hydrogen) atoms. The van der Waals surface area contributed by atoms with E-state index in [0.29, 0.717) is 12.2 Å². The maximum absolute atomic E-state index is 13.9. The van der Waals surface area contributed by atoms with Crippen molar-refractivity contribution in [2.45, 2.75) is 58.0 Å². The van der Waals surface area contributed by atoms with Crippen molar-refractivity contribution in [2.75, 3.05) is 17.4 Å². The van der Waals surface area contributed by atoms with Crippen LogP contribution in [0.15, 0.2) is 83.8 Å². The van der Waals surface area contributed by atoms with E-state index in [1.807, 2.05) is 57.2 Å². The molecule has 1 N–H and O–H groups in total. The van der Waals surface area contributed by atoms with Crippen molar-refractivity contribution in [2.24, 2.45) is 0 Å². The number of hydrogen-bond donors (Lipinski definition) is 1. The molecular formula is C30H37N3O4S. The van der Waals surface area contributed by atoms with Gasteiger partial charge in [-0.15, -0.1) is 0 Å².